The van der Waals surface area contributed by atoms with E-state index in [1.807, 2.05) is 27.7 Å². The van der Waals surface area contributed by atoms with Gasteiger partial charge in [-0.25, -0.2) is 4.79 Å². The van der Waals surface area contributed by atoms with Gasteiger partial charge < -0.3 is 30.2 Å². The molecule has 2 fully saturated rings. The van der Waals surface area contributed by atoms with Gasteiger partial charge in [0.1, 0.15) is 12.3 Å². The van der Waals surface area contributed by atoms with Gasteiger partial charge in [-0.15, -0.1) is 0 Å². The minimum Gasteiger partial charge on any atom is -0.464 e. The van der Waals surface area contributed by atoms with Gasteiger partial charge in [-0.1, -0.05) is 64.1 Å². The minimum atomic E-state index is -2.92. The number of piperidine rings is 1. The van der Waals surface area contributed by atoms with E-state index in [0.717, 1.165) is 19.1 Å². The van der Waals surface area contributed by atoms with Gasteiger partial charge >= 0.3 is 5.97 Å². The number of esters is 1. The fourth-order valence-electron chi connectivity index (χ4n) is 5.17. The summed E-state index contributed by atoms with van der Waals surface area (Å²) in [6.07, 6.45) is 5.97. The summed E-state index contributed by atoms with van der Waals surface area (Å²) in [6.45, 7) is 11.7. The molecule has 0 radical (unpaired) electrons. The lowest BCUT2D eigenvalue weighted by atomic mass is 9.90. The van der Waals surface area contributed by atoms with Gasteiger partial charge in [0.25, 0.3) is 5.92 Å². The molecule has 5 rings (SSSR count). The van der Waals surface area contributed by atoms with Gasteiger partial charge in [-0.05, 0) is 50.3 Å². The second-order valence-corrected chi connectivity index (χ2v) is 9.55. The molecule has 10 heteroatoms. The molecule has 1 saturated carbocycles. The van der Waals surface area contributed by atoms with E-state index >= 15 is 0 Å². The number of allylic oxidation sites excluding steroid dienone is 4. The van der Waals surface area contributed by atoms with Crippen LogP contribution in [0.1, 0.15) is 65.0 Å². The first-order valence-corrected chi connectivity index (χ1v) is 14.9. The van der Waals surface area contributed by atoms with E-state index in [4.69, 9.17) is 10.5 Å². The van der Waals surface area contributed by atoms with Crippen LogP contribution >= 0.6 is 0 Å². The summed E-state index contributed by atoms with van der Waals surface area (Å²) in [5, 5.41) is 2.83. The molecule has 1 aliphatic heterocycles. The number of fused-ring (bicyclic) bond motifs is 3. The number of halogens is 2. The highest BCUT2D eigenvalue weighted by Gasteiger charge is 2.56. The van der Waals surface area contributed by atoms with Crippen LogP contribution in [0.25, 0.3) is 5.57 Å². The van der Waals surface area contributed by atoms with Crippen molar-refractivity contribution in [3.05, 3.63) is 53.1 Å². The predicted molar refractivity (Wildman–Crippen MR) is 162 cm³/mol. The topological polar surface area (TPSA) is 111 Å². The van der Waals surface area contributed by atoms with Gasteiger partial charge in [0.15, 0.2) is 0 Å². The van der Waals surface area contributed by atoms with E-state index < -0.39 is 5.92 Å². The predicted octanol–water partition coefficient (Wildman–Crippen LogP) is 4.72. The number of ether oxygens (including phenoxy) is 2. The first-order chi connectivity index (χ1) is 20.2. The fraction of sp³-hybridized carbons (Fsp3) is 0.594. The molecular weight excluding hydrogens is 544 g/mol. The maximum Gasteiger partial charge on any atom is 0.328 e. The van der Waals surface area contributed by atoms with E-state index in [2.05, 4.69) is 10.1 Å². The molecular formula is C32H49F2N3O5. The summed E-state index contributed by atoms with van der Waals surface area (Å²) < 4.78 is 37.8. The molecule has 1 heterocycles. The molecule has 3 N–H and O–H groups in total. The van der Waals surface area contributed by atoms with Gasteiger partial charge in [-0.2, -0.15) is 8.78 Å². The number of carbonyl (C=O) groups is 3. The number of nitrogens with two attached hydrogens (primary N) is 1. The Kier molecular flexibility index (Phi) is 16.4. The van der Waals surface area contributed by atoms with Crippen molar-refractivity contribution in [2.75, 3.05) is 40.5 Å². The van der Waals surface area contributed by atoms with Crippen molar-refractivity contribution in [1.82, 2.24) is 10.2 Å². The Hall–Kier alpha value is -2.95. The molecule has 236 valence electrons. The van der Waals surface area contributed by atoms with Gasteiger partial charge in [0.2, 0.25) is 5.91 Å². The fourth-order valence-corrected chi connectivity index (χ4v) is 5.17. The Bertz CT molecular complexity index is 1070. The van der Waals surface area contributed by atoms with Crippen molar-refractivity contribution in [2.45, 2.75) is 71.9 Å². The number of nitrogens with one attached hydrogen (secondary N) is 1. The molecule has 1 aromatic rings. The minimum absolute atomic E-state index is 0.00514. The largest absolute Gasteiger partial charge is 0.464 e. The number of benzene rings is 1. The highest BCUT2D eigenvalue weighted by molar-refractivity contribution is 5.87. The average Bonchev–Trinajstić information content (AvgIpc) is 3.61. The molecule has 0 spiro atoms. The van der Waals surface area contributed by atoms with Crippen LogP contribution in [0.4, 0.5) is 8.78 Å². The van der Waals surface area contributed by atoms with Crippen LogP contribution in [0.3, 0.4) is 0 Å². The van der Waals surface area contributed by atoms with Crippen molar-refractivity contribution < 1.29 is 32.6 Å². The number of amides is 1. The zero-order chi connectivity index (χ0) is 31.9. The number of nitrogens with zero attached hydrogens (tertiary/aromatic N) is 1. The molecule has 1 amide bonds. The number of aldehydes is 1. The first kappa shape index (κ1) is 37.1. The first-order valence-electron chi connectivity index (χ1n) is 14.9. The number of likely N-dealkylation sites (tertiary alicyclic amines) is 1. The van der Waals surface area contributed by atoms with Crippen LogP contribution in [0.15, 0.2) is 42.0 Å². The van der Waals surface area contributed by atoms with Crippen LogP contribution in [0, 0.1) is 11.8 Å². The number of alkyl halides is 2. The Morgan fingerprint density at radius 2 is 1.83 bits per heavy atom. The van der Waals surface area contributed by atoms with Crippen LogP contribution in [0.5, 0.6) is 0 Å². The summed E-state index contributed by atoms with van der Waals surface area (Å²) in [7, 11) is 3.37. The molecule has 0 aromatic heterocycles. The second kappa shape index (κ2) is 18.6. The van der Waals surface area contributed by atoms with E-state index in [1.165, 1.54) is 12.1 Å². The molecule has 42 heavy (non-hydrogen) atoms. The zero-order valence-electron chi connectivity index (χ0n) is 26.1. The molecule has 3 aliphatic carbocycles. The number of carbonyl (C=O) groups excluding carboxylic acids is 3. The van der Waals surface area contributed by atoms with Gasteiger partial charge in [-0.3, -0.25) is 4.79 Å². The van der Waals surface area contributed by atoms with E-state index in [-0.39, 0.29) is 41.0 Å². The average molecular weight is 594 g/mol. The zero-order valence-corrected chi connectivity index (χ0v) is 26.1. The van der Waals surface area contributed by atoms with E-state index in [9.17, 15) is 23.2 Å². The van der Waals surface area contributed by atoms with Crippen LogP contribution in [-0.4, -0.2) is 75.6 Å². The molecule has 4 atom stereocenters. The molecule has 0 bridgehead atoms. The SMILES string of the molecule is CC.CC.CCOC(=O)C1CC2CC2N1C(=O)CNC.COCCN.O=CC1C=CC2=C(C1)c1ccccc1C2(F)F. The standard InChI is InChI=1S/C14H10F2O.C11H18N2O3.C3H9NO.2C2H6/c15-14(16)12-4-2-1-3-10(12)11-7-9(8-17)5-6-13(11)14;1-3-16-11(15)9-5-7-4-8(7)13(9)10(14)6-12-2;1-5-3-2-4;2*1-2/h1-6,8-9H,7H2;7-9,12H,3-6H2,1-2H3;2-4H2,1H3;2*1-2H3. The summed E-state index contributed by atoms with van der Waals surface area (Å²) in [5.74, 6) is -2.92. The highest BCUT2D eigenvalue weighted by atomic mass is 19.3. The lowest BCUT2D eigenvalue weighted by molar-refractivity contribution is -0.153. The number of likely N-dealkylation sites (N-methyl/N-ethyl adjacent to an activating group) is 1. The second-order valence-electron chi connectivity index (χ2n) is 9.55. The van der Waals surface area contributed by atoms with Crippen molar-refractivity contribution >= 4 is 23.7 Å². The molecule has 8 nitrogen and oxygen atoms in total. The quantitative estimate of drug-likeness (QED) is 0.348. The summed E-state index contributed by atoms with van der Waals surface area (Å²) in [5.41, 5.74) is 6.33. The Morgan fingerprint density at radius 1 is 1.17 bits per heavy atom. The third kappa shape index (κ3) is 9.02. The molecule has 1 aromatic carbocycles. The smallest absolute Gasteiger partial charge is 0.328 e. The van der Waals surface area contributed by atoms with Crippen molar-refractivity contribution in [2.24, 2.45) is 17.6 Å². The molecule has 1 saturated heterocycles. The Balaban J connectivity index is 0.000000330. The Labute approximate surface area is 249 Å². The van der Waals surface area contributed by atoms with Crippen LogP contribution in [-0.2, 0) is 29.8 Å². The maximum atomic E-state index is 14.1. The maximum absolute atomic E-state index is 14.1. The lowest BCUT2D eigenvalue weighted by Gasteiger charge is -2.25. The van der Waals surface area contributed by atoms with Crippen LogP contribution < -0.4 is 11.1 Å². The van der Waals surface area contributed by atoms with Gasteiger partial charge in [0, 0.05) is 36.8 Å². The van der Waals surface area contributed by atoms with Crippen molar-refractivity contribution in [3.8, 4) is 0 Å². The number of rotatable bonds is 7. The number of hydrogen-bond acceptors (Lipinski definition) is 7. The van der Waals surface area contributed by atoms with Crippen LogP contribution in [0.2, 0.25) is 0 Å². The number of methoxy groups -OCH3 is 1. The monoisotopic (exact) mass is 593 g/mol. The third-order valence-electron chi connectivity index (χ3n) is 6.98. The summed E-state index contributed by atoms with van der Waals surface area (Å²) in [6, 6.07) is 6.47. The number of hydrogen-bond donors (Lipinski definition) is 2. The highest BCUT2D eigenvalue weighted by Crippen LogP contribution is 2.52. The Morgan fingerprint density at radius 3 is 2.38 bits per heavy atom. The van der Waals surface area contributed by atoms with E-state index in [0.29, 0.717) is 49.8 Å². The lowest BCUT2D eigenvalue weighted by Crippen LogP contribution is -2.46. The molecule has 4 unspecified atom stereocenters. The van der Waals surface area contributed by atoms with Gasteiger partial charge in [0.05, 0.1) is 19.8 Å². The van der Waals surface area contributed by atoms with E-state index in [1.54, 1.807) is 50.3 Å². The van der Waals surface area contributed by atoms with Crippen molar-refractivity contribution in [3.63, 3.8) is 0 Å². The summed E-state index contributed by atoms with van der Waals surface area (Å²) in [4.78, 5) is 36.0. The summed E-state index contributed by atoms with van der Waals surface area (Å²) >= 11 is 0. The van der Waals surface area contributed by atoms with Crippen molar-refractivity contribution in [1.29, 1.82) is 0 Å². The normalized spacial score (nSPS) is 23.0. The third-order valence-corrected chi connectivity index (χ3v) is 6.98. The molecule has 4 aliphatic rings.